The third kappa shape index (κ3) is 3.09. The summed E-state index contributed by atoms with van der Waals surface area (Å²) < 4.78 is 1.03. The van der Waals surface area contributed by atoms with Crippen LogP contribution in [0.4, 0.5) is 5.69 Å². The molecule has 1 aromatic rings. The van der Waals surface area contributed by atoms with Crippen LogP contribution in [0.15, 0.2) is 28.7 Å². The molecule has 1 fully saturated rings. The first kappa shape index (κ1) is 14.3. The maximum atomic E-state index is 12.2. The number of hydrogen-bond donors (Lipinski definition) is 2. The zero-order valence-electron chi connectivity index (χ0n) is 11.3. The summed E-state index contributed by atoms with van der Waals surface area (Å²) in [7, 11) is 1.88. The highest BCUT2D eigenvalue weighted by Gasteiger charge is 2.32. The molecular weight excluding hydrogens is 306 g/mol. The molecule has 2 unspecified atom stereocenters. The van der Waals surface area contributed by atoms with E-state index in [2.05, 4.69) is 44.5 Å². The second kappa shape index (κ2) is 6.39. The minimum absolute atomic E-state index is 0.0921. The molecule has 104 valence electrons. The van der Waals surface area contributed by atoms with Gasteiger partial charge in [0.15, 0.2) is 0 Å². The number of likely N-dealkylation sites (N-methyl/N-ethyl adjacent to an activating group) is 1. The van der Waals surface area contributed by atoms with Gasteiger partial charge in [-0.1, -0.05) is 12.1 Å². The molecule has 2 atom stereocenters. The zero-order chi connectivity index (χ0) is 13.8. The van der Waals surface area contributed by atoms with Crippen LogP contribution in [0.5, 0.6) is 0 Å². The van der Waals surface area contributed by atoms with Crippen LogP contribution in [0, 0.1) is 0 Å². The highest BCUT2D eigenvalue weighted by molar-refractivity contribution is 9.10. The summed E-state index contributed by atoms with van der Waals surface area (Å²) >= 11 is 3.59. The lowest BCUT2D eigenvalue weighted by atomic mass is 10.1. The predicted molar refractivity (Wildman–Crippen MR) is 81.4 cm³/mol. The smallest absolute Gasteiger partial charge is 0.244 e. The molecule has 0 radical (unpaired) electrons. The number of nitrogens with one attached hydrogen (secondary N) is 2. The molecule has 5 heteroatoms. The Morgan fingerprint density at radius 1 is 1.47 bits per heavy atom. The lowest BCUT2D eigenvalue weighted by molar-refractivity contribution is -0.121. The Morgan fingerprint density at radius 3 is 2.89 bits per heavy atom. The van der Waals surface area contributed by atoms with Crippen molar-refractivity contribution in [3.8, 4) is 0 Å². The Morgan fingerprint density at radius 2 is 2.21 bits per heavy atom. The molecule has 1 aromatic carbocycles. The van der Waals surface area contributed by atoms with Gasteiger partial charge in [0.25, 0.3) is 0 Å². The maximum absolute atomic E-state index is 12.2. The van der Waals surface area contributed by atoms with E-state index in [0.717, 1.165) is 23.1 Å². The van der Waals surface area contributed by atoms with E-state index in [1.807, 2.05) is 25.2 Å². The van der Waals surface area contributed by atoms with Gasteiger partial charge < -0.3 is 15.5 Å². The number of carbonyl (C=O) groups is 1. The molecule has 1 amide bonds. The van der Waals surface area contributed by atoms with Crippen LogP contribution in [0.2, 0.25) is 0 Å². The van der Waals surface area contributed by atoms with Gasteiger partial charge in [0.1, 0.15) is 6.04 Å². The van der Waals surface area contributed by atoms with Crippen molar-refractivity contribution in [3.05, 3.63) is 28.7 Å². The number of hydrogen-bond acceptors (Lipinski definition) is 3. The molecule has 1 aliphatic rings. The number of anilines is 1. The van der Waals surface area contributed by atoms with Crippen LogP contribution in [0.25, 0.3) is 0 Å². The van der Waals surface area contributed by atoms with Gasteiger partial charge in [-0.25, -0.2) is 0 Å². The van der Waals surface area contributed by atoms with Crippen LogP contribution < -0.4 is 15.5 Å². The molecule has 1 saturated heterocycles. The lowest BCUT2D eigenvalue weighted by Gasteiger charge is -2.35. The summed E-state index contributed by atoms with van der Waals surface area (Å²) in [6.07, 6.45) is 0.952. The summed E-state index contributed by atoms with van der Waals surface area (Å²) in [6, 6.07) is 8.20. The van der Waals surface area contributed by atoms with Crippen molar-refractivity contribution in [2.45, 2.75) is 25.4 Å². The normalized spacial score (nSPS) is 23.9. The highest BCUT2D eigenvalue weighted by Crippen LogP contribution is 2.30. The minimum Gasteiger partial charge on any atom is -0.355 e. The standard InChI is InChI=1S/C14H20BrN3O/c1-10-7-8-17-14(19)13(9-16-2)18(10)12-6-4-3-5-11(12)15/h3-6,10,13,16H,7-9H2,1-2H3,(H,17,19). The molecule has 4 nitrogen and oxygen atoms in total. The number of rotatable bonds is 3. The first-order valence-electron chi connectivity index (χ1n) is 6.60. The van der Waals surface area contributed by atoms with Gasteiger partial charge >= 0.3 is 0 Å². The fourth-order valence-corrected chi connectivity index (χ4v) is 3.04. The molecule has 2 N–H and O–H groups in total. The van der Waals surface area contributed by atoms with Crippen molar-refractivity contribution in [2.75, 3.05) is 25.0 Å². The van der Waals surface area contributed by atoms with E-state index in [0.29, 0.717) is 12.6 Å². The van der Waals surface area contributed by atoms with E-state index in [9.17, 15) is 4.79 Å². The van der Waals surface area contributed by atoms with Gasteiger partial charge in [0.2, 0.25) is 5.91 Å². The number of benzene rings is 1. The van der Waals surface area contributed by atoms with Gasteiger partial charge in [0.05, 0.1) is 5.69 Å². The van der Waals surface area contributed by atoms with Crippen molar-refractivity contribution >= 4 is 27.5 Å². The van der Waals surface area contributed by atoms with Gasteiger partial charge in [-0.2, -0.15) is 0 Å². The Balaban J connectivity index is 2.40. The van der Waals surface area contributed by atoms with E-state index >= 15 is 0 Å². The lowest BCUT2D eigenvalue weighted by Crippen LogP contribution is -2.52. The summed E-state index contributed by atoms with van der Waals surface area (Å²) in [5, 5.41) is 6.11. The van der Waals surface area contributed by atoms with E-state index in [1.54, 1.807) is 0 Å². The predicted octanol–water partition coefficient (Wildman–Crippen LogP) is 1.75. The van der Waals surface area contributed by atoms with E-state index < -0.39 is 0 Å². The number of carbonyl (C=O) groups excluding carboxylic acids is 1. The molecular formula is C14H20BrN3O. The van der Waals surface area contributed by atoms with E-state index in [1.165, 1.54) is 0 Å². The minimum atomic E-state index is -0.179. The van der Waals surface area contributed by atoms with E-state index in [-0.39, 0.29) is 11.9 Å². The summed E-state index contributed by atoms with van der Waals surface area (Å²) in [5.74, 6) is 0.0921. The Bertz CT molecular complexity index is 452. The molecule has 1 heterocycles. The Hall–Kier alpha value is -1.07. The van der Waals surface area contributed by atoms with Gasteiger partial charge in [0, 0.05) is 23.6 Å². The van der Waals surface area contributed by atoms with Gasteiger partial charge in [-0.3, -0.25) is 4.79 Å². The van der Waals surface area contributed by atoms with Crippen molar-refractivity contribution in [2.24, 2.45) is 0 Å². The SMILES string of the molecule is CNCC1C(=O)NCCC(C)N1c1ccccc1Br. The largest absolute Gasteiger partial charge is 0.355 e. The molecule has 0 aliphatic carbocycles. The van der Waals surface area contributed by atoms with Crippen LogP contribution in [-0.4, -0.2) is 38.1 Å². The summed E-state index contributed by atoms with van der Waals surface area (Å²) in [4.78, 5) is 14.4. The van der Waals surface area contributed by atoms with Crippen molar-refractivity contribution in [3.63, 3.8) is 0 Å². The van der Waals surface area contributed by atoms with Crippen LogP contribution >= 0.6 is 15.9 Å². The number of nitrogens with zero attached hydrogens (tertiary/aromatic N) is 1. The Kier molecular flexibility index (Phi) is 4.82. The topological polar surface area (TPSA) is 44.4 Å². The molecule has 0 spiro atoms. The van der Waals surface area contributed by atoms with Crippen LogP contribution in [0.3, 0.4) is 0 Å². The molecule has 19 heavy (non-hydrogen) atoms. The molecule has 0 aromatic heterocycles. The van der Waals surface area contributed by atoms with Gasteiger partial charge in [-0.15, -0.1) is 0 Å². The quantitative estimate of drug-likeness (QED) is 0.890. The Labute approximate surface area is 122 Å². The number of halogens is 1. The number of para-hydroxylation sites is 1. The molecule has 0 saturated carbocycles. The maximum Gasteiger partial charge on any atom is 0.244 e. The number of amides is 1. The molecule has 0 bridgehead atoms. The van der Waals surface area contributed by atoms with Gasteiger partial charge in [-0.05, 0) is 48.5 Å². The van der Waals surface area contributed by atoms with Crippen molar-refractivity contribution in [1.82, 2.24) is 10.6 Å². The third-order valence-electron chi connectivity index (χ3n) is 3.50. The first-order valence-corrected chi connectivity index (χ1v) is 7.39. The van der Waals surface area contributed by atoms with Crippen molar-refractivity contribution < 1.29 is 4.79 Å². The average molecular weight is 326 g/mol. The highest BCUT2D eigenvalue weighted by atomic mass is 79.9. The summed E-state index contributed by atoms with van der Waals surface area (Å²) in [5.41, 5.74) is 1.08. The molecule has 1 aliphatic heterocycles. The molecule has 2 rings (SSSR count). The zero-order valence-corrected chi connectivity index (χ0v) is 12.9. The second-order valence-electron chi connectivity index (χ2n) is 4.86. The van der Waals surface area contributed by atoms with Crippen LogP contribution in [0.1, 0.15) is 13.3 Å². The van der Waals surface area contributed by atoms with Crippen molar-refractivity contribution in [1.29, 1.82) is 0 Å². The monoisotopic (exact) mass is 325 g/mol. The first-order chi connectivity index (χ1) is 9.15. The fraction of sp³-hybridized carbons (Fsp3) is 0.500. The fourth-order valence-electron chi connectivity index (χ4n) is 2.55. The summed E-state index contributed by atoms with van der Waals surface area (Å²) in [6.45, 7) is 3.54. The third-order valence-corrected chi connectivity index (χ3v) is 4.17. The van der Waals surface area contributed by atoms with Crippen LogP contribution in [-0.2, 0) is 4.79 Å². The van der Waals surface area contributed by atoms with E-state index in [4.69, 9.17) is 0 Å². The average Bonchev–Trinajstić information content (AvgIpc) is 2.52. The second-order valence-corrected chi connectivity index (χ2v) is 5.72.